The van der Waals surface area contributed by atoms with Crippen LogP contribution < -0.4 is 0 Å². The van der Waals surface area contributed by atoms with Crippen LogP contribution in [0.2, 0.25) is 5.02 Å². The van der Waals surface area contributed by atoms with Gasteiger partial charge in [0.05, 0.1) is 13.2 Å². The van der Waals surface area contributed by atoms with Crippen molar-refractivity contribution in [3.63, 3.8) is 0 Å². The molecule has 0 bridgehead atoms. The van der Waals surface area contributed by atoms with Crippen molar-refractivity contribution >= 4 is 11.6 Å². The molecule has 0 aromatic heterocycles. The van der Waals surface area contributed by atoms with Crippen LogP contribution in [-0.4, -0.2) is 56.7 Å². The van der Waals surface area contributed by atoms with Gasteiger partial charge in [0.2, 0.25) is 0 Å². The van der Waals surface area contributed by atoms with E-state index < -0.39 is 0 Å². The van der Waals surface area contributed by atoms with Crippen LogP contribution in [-0.2, 0) is 11.3 Å². The number of ether oxygens (including phenoxy) is 1. The number of nitrogens with zero attached hydrogens (tertiary/aromatic N) is 2. The Morgan fingerprint density at radius 2 is 2.20 bits per heavy atom. The quantitative estimate of drug-likeness (QED) is 0.850. The average molecular weight is 301 g/mol. The normalized spacial score (nSPS) is 21.1. The van der Waals surface area contributed by atoms with Crippen LogP contribution in [0.4, 0.5) is 4.39 Å². The Labute approximate surface area is 125 Å². The Hall–Kier alpha value is -0.680. The van der Waals surface area contributed by atoms with Crippen LogP contribution in [0.5, 0.6) is 0 Å². The topological polar surface area (TPSA) is 15.7 Å². The molecule has 112 valence electrons. The molecule has 1 aromatic carbocycles. The molecule has 1 saturated heterocycles. The average Bonchev–Trinajstić information content (AvgIpc) is 2.52. The number of halogens is 2. The minimum atomic E-state index is -0.275. The number of hydrogen-bond acceptors (Lipinski definition) is 3. The number of rotatable bonds is 4. The minimum Gasteiger partial charge on any atom is -0.380 e. The Balaban J connectivity index is 1.99. The first-order valence-electron chi connectivity index (χ1n) is 6.93. The molecule has 20 heavy (non-hydrogen) atoms. The minimum absolute atomic E-state index is 0.275. The summed E-state index contributed by atoms with van der Waals surface area (Å²) in [5.74, 6) is 0.208. The maximum absolute atomic E-state index is 13.4. The fourth-order valence-electron chi connectivity index (χ4n) is 2.68. The number of benzene rings is 1. The smallest absolute Gasteiger partial charge is 0.125 e. The second-order valence-corrected chi connectivity index (χ2v) is 6.15. The molecule has 0 radical (unpaired) electrons. The number of hydrogen-bond donors (Lipinski definition) is 0. The fraction of sp³-hybridized carbons (Fsp3) is 0.600. The molecule has 1 heterocycles. The van der Waals surface area contributed by atoms with Gasteiger partial charge in [0.1, 0.15) is 5.82 Å². The lowest BCUT2D eigenvalue weighted by atomic mass is 10.1. The molecule has 0 amide bonds. The first-order valence-corrected chi connectivity index (χ1v) is 7.30. The highest BCUT2D eigenvalue weighted by molar-refractivity contribution is 6.30. The van der Waals surface area contributed by atoms with Crippen LogP contribution in [0.15, 0.2) is 18.2 Å². The van der Waals surface area contributed by atoms with Gasteiger partial charge in [-0.1, -0.05) is 11.6 Å². The van der Waals surface area contributed by atoms with E-state index in [0.29, 0.717) is 17.5 Å². The molecule has 3 nitrogen and oxygen atoms in total. The lowest BCUT2D eigenvalue weighted by Gasteiger charge is -2.25. The molecule has 1 aromatic rings. The van der Waals surface area contributed by atoms with E-state index >= 15 is 0 Å². The summed E-state index contributed by atoms with van der Waals surface area (Å²) in [7, 11) is 4.14. The second-order valence-electron chi connectivity index (χ2n) is 5.72. The largest absolute Gasteiger partial charge is 0.380 e. The van der Waals surface area contributed by atoms with Gasteiger partial charge < -0.3 is 9.64 Å². The Morgan fingerprint density at radius 1 is 1.40 bits per heavy atom. The zero-order valence-corrected chi connectivity index (χ0v) is 12.9. The zero-order valence-electron chi connectivity index (χ0n) is 12.1. The van der Waals surface area contributed by atoms with Gasteiger partial charge >= 0.3 is 0 Å². The monoisotopic (exact) mass is 300 g/mol. The van der Waals surface area contributed by atoms with Gasteiger partial charge in [-0.3, -0.25) is 4.90 Å². The molecule has 0 spiro atoms. The maximum Gasteiger partial charge on any atom is 0.125 e. The second kappa shape index (κ2) is 7.36. The lowest BCUT2D eigenvalue weighted by Crippen LogP contribution is -2.34. The predicted octanol–water partition coefficient (Wildman–Crippen LogP) is 2.49. The standard InChI is InChI=1S/C15H22ClFN2O/c1-18(2)8-13-10-19(3-4-20-11-13)9-12-5-14(16)7-15(17)6-12/h5-7,13H,3-4,8-11H2,1-2H3. The van der Waals surface area contributed by atoms with Crippen molar-refractivity contribution in [2.24, 2.45) is 5.92 Å². The van der Waals surface area contributed by atoms with Gasteiger partial charge in [-0.15, -0.1) is 0 Å². The third-order valence-electron chi connectivity index (χ3n) is 3.37. The highest BCUT2D eigenvalue weighted by Crippen LogP contribution is 2.17. The molecule has 2 rings (SSSR count). The molecule has 0 N–H and O–H groups in total. The summed E-state index contributed by atoms with van der Waals surface area (Å²) in [6, 6.07) is 4.72. The van der Waals surface area contributed by atoms with Gasteiger partial charge in [-0.2, -0.15) is 0 Å². The van der Waals surface area contributed by atoms with Crippen molar-refractivity contribution in [2.75, 3.05) is 46.9 Å². The summed E-state index contributed by atoms with van der Waals surface area (Å²) in [5, 5.41) is 0.455. The van der Waals surface area contributed by atoms with Crippen LogP contribution in [0.25, 0.3) is 0 Å². The van der Waals surface area contributed by atoms with E-state index in [4.69, 9.17) is 16.3 Å². The SMILES string of the molecule is CN(C)CC1COCCN(Cc2cc(F)cc(Cl)c2)C1. The van der Waals surface area contributed by atoms with Gasteiger partial charge in [-0.25, -0.2) is 4.39 Å². The van der Waals surface area contributed by atoms with Gasteiger partial charge in [0.15, 0.2) is 0 Å². The fourth-order valence-corrected chi connectivity index (χ4v) is 2.93. The molecule has 1 atom stereocenters. The summed E-state index contributed by atoms with van der Waals surface area (Å²) < 4.78 is 19.0. The van der Waals surface area contributed by atoms with E-state index in [0.717, 1.165) is 38.4 Å². The molecule has 5 heteroatoms. The Kier molecular flexibility index (Phi) is 5.78. The highest BCUT2D eigenvalue weighted by Gasteiger charge is 2.19. The lowest BCUT2D eigenvalue weighted by molar-refractivity contribution is 0.112. The van der Waals surface area contributed by atoms with E-state index in [9.17, 15) is 4.39 Å². The van der Waals surface area contributed by atoms with E-state index in [2.05, 4.69) is 23.9 Å². The summed E-state index contributed by atoms with van der Waals surface area (Å²) in [6.07, 6.45) is 0. The van der Waals surface area contributed by atoms with E-state index in [1.807, 2.05) is 6.07 Å². The third kappa shape index (κ3) is 5.02. The third-order valence-corrected chi connectivity index (χ3v) is 3.59. The molecule has 1 aliphatic heterocycles. The molecule has 1 fully saturated rings. The summed E-state index contributed by atoms with van der Waals surface area (Å²) in [4.78, 5) is 4.49. The molecular formula is C15H22ClFN2O. The van der Waals surface area contributed by atoms with Crippen molar-refractivity contribution in [3.05, 3.63) is 34.6 Å². The highest BCUT2D eigenvalue weighted by atomic mass is 35.5. The summed E-state index contributed by atoms with van der Waals surface area (Å²) in [5.41, 5.74) is 0.917. The van der Waals surface area contributed by atoms with E-state index in [1.54, 1.807) is 6.07 Å². The molecular weight excluding hydrogens is 279 g/mol. The molecule has 0 saturated carbocycles. The molecule has 1 aliphatic rings. The summed E-state index contributed by atoms with van der Waals surface area (Å²) in [6.45, 7) is 5.07. The van der Waals surface area contributed by atoms with Gasteiger partial charge in [0, 0.05) is 37.1 Å². The molecule has 0 aliphatic carbocycles. The predicted molar refractivity (Wildman–Crippen MR) is 79.6 cm³/mol. The van der Waals surface area contributed by atoms with Crippen molar-refractivity contribution in [2.45, 2.75) is 6.54 Å². The Morgan fingerprint density at radius 3 is 2.90 bits per heavy atom. The van der Waals surface area contributed by atoms with E-state index in [1.165, 1.54) is 6.07 Å². The van der Waals surface area contributed by atoms with Crippen molar-refractivity contribution in [1.82, 2.24) is 9.80 Å². The maximum atomic E-state index is 13.4. The van der Waals surface area contributed by atoms with Crippen LogP contribution in [0.3, 0.4) is 0 Å². The van der Waals surface area contributed by atoms with Crippen LogP contribution in [0, 0.1) is 11.7 Å². The van der Waals surface area contributed by atoms with Gasteiger partial charge in [-0.05, 0) is 37.9 Å². The van der Waals surface area contributed by atoms with Crippen molar-refractivity contribution in [1.29, 1.82) is 0 Å². The summed E-state index contributed by atoms with van der Waals surface area (Å²) >= 11 is 5.91. The van der Waals surface area contributed by atoms with Crippen molar-refractivity contribution < 1.29 is 9.13 Å². The van der Waals surface area contributed by atoms with Crippen molar-refractivity contribution in [3.8, 4) is 0 Å². The first kappa shape index (κ1) is 15.7. The molecule has 1 unspecified atom stereocenters. The van der Waals surface area contributed by atoms with Crippen LogP contribution >= 0.6 is 11.6 Å². The zero-order chi connectivity index (χ0) is 14.5. The first-order chi connectivity index (χ1) is 9.52. The van der Waals surface area contributed by atoms with E-state index in [-0.39, 0.29) is 5.82 Å². The van der Waals surface area contributed by atoms with Gasteiger partial charge in [0.25, 0.3) is 0 Å². The van der Waals surface area contributed by atoms with Crippen LogP contribution in [0.1, 0.15) is 5.56 Å². The Bertz CT molecular complexity index is 422.